The van der Waals surface area contributed by atoms with Gasteiger partial charge in [-0.1, -0.05) is 11.7 Å². The summed E-state index contributed by atoms with van der Waals surface area (Å²) in [6.07, 6.45) is 1.04. The first kappa shape index (κ1) is 6.58. The van der Waals surface area contributed by atoms with E-state index < -0.39 is 9.15 Å². The molecule has 0 aliphatic carbocycles. The van der Waals surface area contributed by atoms with E-state index in [9.17, 15) is 4.21 Å². The molecule has 1 heterocycles. The van der Waals surface area contributed by atoms with Gasteiger partial charge in [-0.2, -0.15) is 0 Å². The van der Waals surface area contributed by atoms with Crippen LogP contribution in [0.15, 0.2) is 0 Å². The minimum Gasteiger partial charge on any atom is -0.261 e. The minimum absolute atomic E-state index is 0.784. The van der Waals surface area contributed by atoms with Crippen LogP contribution < -0.4 is 0 Å². The summed E-state index contributed by atoms with van der Waals surface area (Å²) in [5.41, 5.74) is 0. The molecule has 1 aliphatic rings. The van der Waals surface area contributed by atoms with Crippen LogP contribution in [0.25, 0.3) is 0 Å². The maximum Gasteiger partial charge on any atom is 0.0227 e. The molecule has 50 valence electrons. The molecule has 0 unspecified atom stereocenters. The van der Waals surface area contributed by atoms with Crippen LogP contribution in [-0.4, -0.2) is 27.9 Å². The van der Waals surface area contributed by atoms with Gasteiger partial charge < -0.3 is 0 Å². The third-order valence-electron chi connectivity index (χ3n) is 1.46. The summed E-state index contributed by atoms with van der Waals surface area (Å²) in [6, 6.07) is 0. The molecule has 1 fully saturated rings. The van der Waals surface area contributed by atoms with Crippen molar-refractivity contribution in [3.05, 3.63) is 0 Å². The van der Waals surface area contributed by atoms with Crippen LogP contribution in [0.1, 0.15) is 6.42 Å². The zero-order valence-electron chi connectivity index (χ0n) is 4.87. The SMILES string of the molecule is CN1CCC[SH]1(=O)S. The van der Waals surface area contributed by atoms with Gasteiger partial charge in [0.15, 0.2) is 0 Å². The zero-order chi connectivity index (χ0) is 6.20. The molecule has 8 heavy (non-hydrogen) atoms. The minimum atomic E-state index is -2.11. The Hall–Kier alpha value is 0.460. The fourth-order valence-corrected chi connectivity index (χ4v) is 2.87. The van der Waals surface area contributed by atoms with E-state index in [1.54, 1.807) is 0 Å². The lowest BCUT2D eigenvalue weighted by Gasteiger charge is -2.18. The molecule has 1 aliphatic heterocycles. The first-order valence-corrected chi connectivity index (χ1v) is 5.66. The van der Waals surface area contributed by atoms with E-state index in [2.05, 4.69) is 11.7 Å². The molecule has 0 saturated carbocycles. The molecule has 2 nitrogen and oxygen atoms in total. The van der Waals surface area contributed by atoms with E-state index in [0.717, 1.165) is 18.7 Å². The Bertz CT molecular complexity index is 136. The van der Waals surface area contributed by atoms with E-state index in [0.29, 0.717) is 0 Å². The van der Waals surface area contributed by atoms with Crippen molar-refractivity contribution in [2.75, 3.05) is 19.3 Å². The topological polar surface area (TPSA) is 20.3 Å². The van der Waals surface area contributed by atoms with Crippen molar-refractivity contribution in [2.45, 2.75) is 6.42 Å². The van der Waals surface area contributed by atoms with Crippen LogP contribution in [0.3, 0.4) is 0 Å². The Morgan fingerprint density at radius 2 is 2.38 bits per heavy atom. The van der Waals surface area contributed by atoms with E-state index in [-0.39, 0.29) is 0 Å². The molecule has 0 aromatic carbocycles. The van der Waals surface area contributed by atoms with E-state index in [4.69, 9.17) is 0 Å². The summed E-state index contributed by atoms with van der Waals surface area (Å²) in [6.45, 7) is 0.945. The van der Waals surface area contributed by atoms with Gasteiger partial charge in [-0.15, -0.1) is 0 Å². The standard InChI is InChI=1S/C4H11NOS2/c1-5-3-2-4-8(5,6)7/h8H,2-4H2,1H3,(H,6,7). The van der Waals surface area contributed by atoms with Gasteiger partial charge in [-0.25, -0.2) is 4.31 Å². The Morgan fingerprint density at radius 1 is 1.75 bits per heavy atom. The monoisotopic (exact) mass is 153 g/mol. The van der Waals surface area contributed by atoms with Gasteiger partial charge in [-0.05, 0) is 22.6 Å². The molecule has 0 N–H and O–H groups in total. The van der Waals surface area contributed by atoms with Gasteiger partial charge in [0.2, 0.25) is 0 Å². The van der Waals surface area contributed by atoms with Crippen LogP contribution in [-0.2, 0) is 9.15 Å². The molecule has 1 rings (SSSR count). The summed E-state index contributed by atoms with van der Waals surface area (Å²) in [5.74, 6) is 0.784. The van der Waals surface area contributed by atoms with Crippen LogP contribution in [0, 0.1) is 0 Å². The highest BCUT2D eigenvalue weighted by molar-refractivity contribution is 8.68. The highest BCUT2D eigenvalue weighted by Crippen LogP contribution is 2.22. The fraction of sp³-hybridized carbons (Fsp3) is 1.00. The lowest BCUT2D eigenvalue weighted by atomic mass is 10.5. The molecule has 4 heteroatoms. The van der Waals surface area contributed by atoms with Crippen molar-refractivity contribution in [2.24, 2.45) is 0 Å². The normalized spacial score (nSPS) is 32.8. The quantitative estimate of drug-likeness (QED) is 0.373. The Balaban J connectivity index is 2.69. The number of rotatable bonds is 0. The van der Waals surface area contributed by atoms with Crippen LogP contribution in [0.5, 0.6) is 0 Å². The first-order chi connectivity index (χ1) is 3.63. The zero-order valence-corrected chi connectivity index (χ0v) is 6.66. The molecule has 0 bridgehead atoms. The maximum absolute atomic E-state index is 11.1. The van der Waals surface area contributed by atoms with Crippen LogP contribution in [0.2, 0.25) is 0 Å². The largest absolute Gasteiger partial charge is 0.261 e. The van der Waals surface area contributed by atoms with Gasteiger partial charge in [-0.3, -0.25) is 4.21 Å². The van der Waals surface area contributed by atoms with Crippen molar-refractivity contribution in [1.82, 2.24) is 4.31 Å². The molecular weight excluding hydrogens is 142 g/mol. The Labute approximate surface area is 55.6 Å². The molecule has 0 radical (unpaired) electrons. The highest BCUT2D eigenvalue weighted by Gasteiger charge is 2.21. The molecular formula is C4H11NOS2. The molecule has 0 aromatic heterocycles. The van der Waals surface area contributed by atoms with Crippen LogP contribution in [0.4, 0.5) is 0 Å². The smallest absolute Gasteiger partial charge is 0.0227 e. The second-order valence-electron chi connectivity index (χ2n) is 2.12. The van der Waals surface area contributed by atoms with E-state index in [1.807, 2.05) is 11.4 Å². The molecule has 0 amide bonds. The van der Waals surface area contributed by atoms with Crippen molar-refractivity contribution in [3.63, 3.8) is 0 Å². The van der Waals surface area contributed by atoms with Gasteiger partial charge in [0.1, 0.15) is 0 Å². The molecule has 0 spiro atoms. The predicted octanol–water partition coefficient (Wildman–Crippen LogP) is 0.0984. The Kier molecular flexibility index (Phi) is 1.65. The molecule has 0 atom stereocenters. The summed E-state index contributed by atoms with van der Waals surface area (Å²) in [5, 5.41) is 0. The summed E-state index contributed by atoms with van der Waals surface area (Å²) in [7, 11) is -0.245. The van der Waals surface area contributed by atoms with Gasteiger partial charge in [0.25, 0.3) is 0 Å². The second kappa shape index (κ2) is 2.01. The lowest BCUT2D eigenvalue weighted by molar-refractivity contribution is 0.558. The van der Waals surface area contributed by atoms with Gasteiger partial charge in [0, 0.05) is 12.3 Å². The van der Waals surface area contributed by atoms with E-state index in [1.165, 1.54) is 0 Å². The Morgan fingerprint density at radius 3 is 2.50 bits per heavy atom. The highest BCUT2D eigenvalue weighted by atomic mass is 33.1. The van der Waals surface area contributed by atoms with Crippen molar-refractivity contribution < 1.29 is 4.21 Å². The van der Waals surface area contributed by atoms with E-state index >= 15 is 0 Å². The number of hydrogen-bond acceptors (Lipinski definition) is 1. The summed E-state index contributed by atoms with van der Waals surface area (Å²) < 4.78 is 13.0. The number of thiol groups is 2. The van der Waals surface area contributed by atoms with Gasteiger partial charge >= 0.3 is 0 Å². The number of nitrogens with zero attached hydrogens (tertiary/aromatic N) is 1. The fourth-order valence-electron chi connectivity index (χ4n) is 0.832. The first-order valence-electron chi connectivity index (χ1n) is 2.66. The van der Waals surface area contributed by atoms with Gasteiger partial charge in [0.05, 0.1) is 0 Å². The van der Waals surface area contributed by atoms with Crippen molar-refractivity contribution >= 4 is 20.8 Å². The predicted molar refractivity (Wildman–Crippen MR) is 40.6 cm³/mol. The average molecular weight is 153 g/mol. The van der Waals surface area contributed by atoms with Crippen molar-refractivity contribution in [3.8, 4) is 0 Å². The third-order valence-corrected chi connectivity index (χ3v) is 5.15. The molecule has 1 saturated heterocycles. The van der Waals surface area contributed by atoms with Crippen LogP contribution >= 0.6 is 11.7 Å². The summed E-state index contributed by atoms with van der Waals surface area (Å²) in [4.78, 5) is 0. The lowest BCUT2D eigenvalue weighted by Crippen LogP contribution is -2.22. The second-order valence-corrected chi connectivity index (χ2v) is 6.46. The third kappa shape index (κ3) is 1.06. The maximum atomic E-state index is 11.1. The molecule has 0 aromatic rings. The van der Waals surface area contributed by atoms with Crippen molar-refractivity contribution in [1.29, 1.82) is 0 Å². The number of hydrogen-bond donors (Lipinski definition) is 2. The summed E-state index contributed by atoms with van der Waals surface area (Å²) >= 11 is 4.03. The average Bonchev–Trinajstić information content (AvgIpc) is 1.86.